The quantitative estimate of drug-likeness (QED) is 0.394. The van der Waals surface area contributed by atoms with E-state index in [9.17, 15) is 19.3 Å². The molecule has 8 nitrogen and oxygen atoms in total. The highest BCUT2D eigenvalue weighted by Gasteiger charge is 2.24. The van der Waals surface area contributed by atoms with E-state index in [0.717, 1.165) is 19.5 Å². The van der Waals surface area contributed by atoms with Crippen molar-refractivity contribution in [3.63, 3.8) is 0 Å². The molecule has 1 fully saturated rings. The molecule has 1 amide bonds. The van der Waals surface area contributed by atoms with Crippen LogP contribution in [0.15, 0.2) is 35.3 Å². The predicted octanol–water partition coefficient (Wildman–Crippen LogP) is 3.98. The van der Waals surface area contributed by atoms with Crippen molar-refractivity contribution < 1.29 is 18.8 Å². The van der Waals surface area contributed by atoms with Crippen LogP contribution in [0.25, 0.3) is 0 Å². The standard InChI is InChI=1S/C22H25FN4O4/c1-14-9-17(27(29)30)10-18(21(14)24-12-15-7-8-25(2)13-15)22(28)26(3)16-5-6-20(31-4)19(23)11-16/h5-6,9-12,15H,7-8,13H2,1-4H3. The molecule has 9 heteroatoms. The first-order valence-corrected chi connectivity index (χ1v) is 9.84. The molecule has 3 rings (SSSR count). The summed E-state index contributed by atoms with van der Waals surface area (Å²) in [7, 11) is 4.87. The molecule has 0 saturated carbocycles. The summed E-state index contributed by atoms with van der Waals surface area (Å²) in [5.41, 5.74) is 1.09. The number of nitro benzene ring substituents is 1. The minimum atomic E-state index is -0.613. The second-order valence-corrected chi connectivity index (χ2v) is 7.69. The number of ether oxygens (including phenoxy) is 1. The molecule has 0 aromatic heterocycles. The first-order valence-electron chi connectivity index (χ1n) is 9.84. The number of carbonyl (C=O) groups excluding carboxylic acids is 1. The summed E-state index contributed by atoms with van der Waals surface area (Å²) < 4.78 is 19.0. The van der Waals surface area contributed by atoms with Crippen LogP contribution in [-0.2, 0) is 0 Å². The molecule has 1 atom stereocenters. The van der Waals surface area contributed by atoms with Gasteiger partial charge in [0.2, 0.25) is 0 Å². The lowest BCUT2D eigenvalue weighted by Crippen LogP contribution is -2.26. The van der Waals surface area contributed by atoms with E-state index in [2.05, 4.69) is 9.89 Å². The summed E-state index contributed by atoms with van der Waals surface area (Å²) in [6, 6.07) is 6.76. The number of carbonyl (C=O) groups is 1. The van der Waals surface area contributed by atoms with Gasteiger partial charge in [-0.3, -0.25) is 19.9 Å². The Morgan fingerprint density at radius 3 is 2.71 bits per heavy atom. The first-order chi connectivity index (χ1) is 14.7. The van der Waals surface area contributed by atoms with Gasteiger partial charge in [0.25, 0.3) is 11.6 Å². The second kappa shape index (κ2) is 9.22. The number of amides is 1. The molecule has 2 aromatic carbocycles. The Balaban J connectivity index is 2.00. The van der Waals surface area contributed by atoms with Gasteiger partial charge in [-0.05, 0) is 44.6 Å². The van der Waals surface area contributed by atoms with Gasteiger partial charge in [-0.1, -0.05) is 0 Å². The van der Waals surface area contributed by atoms with Crippen molar-refractivity contribution in [2.24, 2.45) is 10.9 Å². The number of likely N-dealkylation sites (tertiary alicyclic amines) is 1. The summed E-state index contributed by atoms with van der Waals surface area (Å²) in [5, 5.41) is 11.4. The Labute approximate surface area is 180 Å². The highest BCUT2D eigenvalue weighted by molar-refractivity contribution is 6.10. The molecule has 0 radical (unpaired) electrons. The van der Waals surface area contributed by atoms with Crippen LogP contribution in [0.2, 0.25) is 0 Å². The number of hydrogen-bond donors (Lipinski definition) is 0. The van der Waals surface area contributed by atoms with Gasteiger partial charge in [-0.15, -0.1) is 0 Å². The molecule has 1 aliphatic heterocycles. The molecular weight excluding hydrogens is 403 g/mol. The number of nitrogens with zero attached hydrogens (tertiary/aromatic N) is 4. The minimum Gasteiger partial charge on any atom is -0.494 e. The third-order valence-electron chi connectivity index (χ3n) is 5.40. The van der Waals surface area contributed by atoms with Gasteiger partial charge in [0.05, 0.1) is 23.3 Å². The van der Waals surface area contributed by atoms with E-state index in [1.54, 1.807) is 13.0 Å². The van der Waals surface area contributed by atoms with E-state index in [0.29, 0.717) is 16.9 Å². The zero-order valence-corrected chi connectivity index (χ0v) is 18.0. The summed E-state index contributed by atoms with van der Waals surface area (Å²) in [5.74, 6) is -0.830. The van der Waals surface area contributed by atoms with Gasteiger partial charge in [0.1, 0.15) is 0 Å². The average molecular weight is 428 g/mol. The normalized spacial score (nSPS) is 16.6. The first kappa shape index (κ1) is 22.4. The fourth-order valence-corrected chi connectivity index (χ4v) is 3.63. The SMILES string of the molecule is COc1ccc(N(C)C(=O)c2cc([N+](=O)[O-])cc(C)c2N=CC2CCN(C)C2)cc1F. The third kappa shape index (κ3) is 4.88. The monoisotopic (exact) mass is 428 g/mol. The molecule has 1 heterocycles. The van der Waals surface area contributed by atoms with Crippen LogP contribution >= 0.6 is 0 Å². The molecule has 0 spiro atoms. The molecule has 31 heavy (non-hydrogen) atoms. The van der Waals surface area contributed by atoms with E-state index in [4.69, 9.17) is 4.74 Å². The lowest BCUT2D eigenvalue weighted by atomic mass is 10.0. The number of anilines is 1. The minimum absolute atomic E-state index is 0.0580. The molecule has 164 valence electrons. The highest BCUT2D eigenvalue weighted by atomic mass is 19.1. The van der Waals surface area contributed by atoms with Crippen LogP contribution in [-0.4, -0.2) is 56.2 Å². The van der Waals surface area contributed by atoms with Crippen LogP contribution < -0.4 is 9.64 Å². The zero-order chi connectivity index (χ0) is 22.7. The number of halogens is 1. The topological polar surface area (TPSA) is 88.3 Å². The number of methoxy groups -OCH3 is 1. The second-order valence-electron chi connectivity index (χ2n) is 7.69. The van der Waals surface area contributed by atoms with Crippen molar-refractivity contribution in [1.29, 1.82) is 0 Å². The Hall–Kier alpha value is -3.33. The molecule has 0 bridgehead atoms. The van der Waals surface area contributed by atoms with Crippen molar-refractivity contribution in [2.45, 2.75) is 13.3 Å². The number of hydrogen-bond acceptors (Lipinski definition) is 6. The van der Waals surface area contributed by atoms with E-state index in [-0.39, 0.29) is 22.9 Å². The third-order valence-corrected chi connectivity index (χ3v) is 5.40. The predicted molar refractivity (Wildman–Crippen MR) is 117 cm³/mol. The summed E-state index contributed by atoms with van der Waals surface area (Å²) in [4.78, 5) is 32.1. The molecule has 1 saturated heterocycles. The van der Waals surface area contributed by atoms with E-state index >= 15 is 0 Å². The number of rotatable bonds is 6. The van der Waals surface area contributed by atoms with Crippen LogP contribution in [0, 0.1) is 28.8 Å². The van der Waals surface area contributed by atoms with E-state index in [1.165, 1.54) is 43.3 Å². The van der Waals surface area contributed by atoms with Crippen LogP contribution in [0.1, 0.15) is 22.3 Å². The van der Waals surface area contributed by atoms with Gasteiger partial charge in [-0.25, -0.2) is 4.39 Å². The van der Waals surface area contributed by atoms with Crippen LogP contribution in [0.3, 0.4) is 0 Å². The Morgan fingerprint density at radius 2 is 2.13 bits per heavy atom. The van der Waals surface area contributed by atoms with Crippen molar-refractivity contribution >= 4 is 29.2 Å². The molecule has 1 unspecified atom stereocenters. The Morgan fingerprint density at radius 1 is 1.39 bits per heavy atom. The van der Waals surface area contributed by atoms with Gasteiger partial charge in [0, 0.05) is 49.6 Å². The summed E-state index contributed by atoms with van der Waals surface area (Å²) >= 11 is 0. The molecule has 2 aromatic rings. The maximum atomic E-state index is 14.1. The fourth-order valence-electron chi connectivity index (χ4n) is 3.63. The van der Waals surface area contributed by atoms with E-state index in [1.807, 2.05) is 13.3 Å². The van der Waals surface area contributed by atoms with Crippen molar-refractivity contribution in [1.82, 2.24) is 4.90 Å². The Kier molecular flexibility index (Phi) is 6.65. The zero-order valence-electron chi connectivity index (χ0n) is 18.0. The van der Waals surface area contributed by atoms with Crippen LogP contribution in [0.4, 0.5) is 21.5 Å². The number of aryl methyl sites for hydroxylation is 1. The number of aliphatic imine (C=N–C) groups is 1. The van der Waals surface area contributed by atoms with Crippen molar-refractivity contribution in [3.05, 3.63) is 57.4 Å². The van der Waals surface area contributed by atoms with Crippen LogP contribution in [0.5, 0.6) is 5.75 Å². The van der Waals surface area contributed by atoms with Gasteiger partial charge in [0.15, 0.2) is 11.6 Å². The molecule has 0 aliphatic carbocycles. The maximum absolute atomic E-state index is 14.1. The lowest BCUT2D eigenvalue weighted by Gasteiger charge is -2.19. The molecular formula is C22H25FN4O4. The smallest absolute Gasteiger partial charge is 0.270 e. The van der Waals surface area contributed by atoms with Gasteiger partial charge in [-0.2, -0.15) is 0 Å². The lowest BCUT2D eigenvalue weighted by molar-refractivity contribution is -0.384. The molecule has 0 N–H and O–H groups in total. The van der Waals surface area contributed by atoms with Gasteiger partial charge >= 0.3 is 0 Å². The average Bonchev–Trinajstić information content (AvgIpc) is 3.16. The van der Waals surface area contributed by atoms with Crippen molar-refractivity contribution in [3.8, 4) is 5.75 Å². The highest BCUT2D eigenvalue weighted by Crippen LogP contribution is 2.32. The van der Waals surface area contributed by atoms with E-state index < -0.39 is 16.6 Å². The van der Waals surface area contributed by atoms with Gasteiger partial charge < -0.3 is 14.5 Å². The number of nitro groups is 1. The fraction of sp³-hybridized carbons (Fsp3) is 0.364. The summed E-state index contributed by atoms with van der Waals surface area (Å²) in [6.45, 7) is 3.52. The van der Waals surface area contributed by atoms with Crippen molar-refractivity contribution in [2.75, 3.05) is 39.2 Å². The summed E-state index contributed by atoms with van der Waals surface area (Å²) in [6.07, 6.45) is 2.77. The Bertz CT molecular complexity index is 1040. The largest absolute Gasteiger partial charge is 0.494 e. The number of benzene rings is 2. The maximum Gasteiger partial charge on any atom is 0.270 e. The molecule has 1 aliphatic rings. The number of non-ortho nitro benzene ring substituents is 1.